The zero-order valence-electron chi connectivity index (χ0n) is 15.6. The number of nitrogens with zero attached hydrogens (tertiary/aromatic N) is 3. The van der Waals surface area contributed by atoms with E-state index in [1.807, 2.05) is 41.3 Å². The molecule has 0 atom stereocenters. The van der Waals surface area contributed by atoms with E-state index in [0.29, 0.717) is 29.5 Å². The molecule has 1 aliphatic heterocycles. The summed E-state index contributed by atoms with van der Waals surface area (Å²) in [5, 5.41) is 2.22. The number of halogens is 1. The SMILES string of the molecule is O=S(=O)(/N=C(/c1ccccc1Cl)N1CCN(c2ccccc2)CC1)c1cccs1. The van der Waals surface area contributed by atoms with Crippen LogP contribution in [0.2, 0.25) is 5.02 Å². The summed E-state index contributed by atoms with van der Waals surface area (Å²) in [5.41, 5.74) is 1.79. The van der Waals surface area contributed by atoms with Crippen LogP contribution in [0.1, 0.15) is 5.56 Å². The number of benzene rings is 2. The molecule has 0 spiro atoms. The third-order valence-electron chi connectivity index (χ3n) is 4.77. The monoisotopic (exact) mass is 445 g/mol. The molecule has 0 saturated carbocycles. The molecule has 150 valence electrons. The molecule has 0 amide bonds. The Morgan fingerprint density at radius 3 is 2.24 bits per heavy atom. The first-order valence-corrected chi connectivity index (χ1v) is 11.9. The first-order chi connectivity index (χ1) is 14.0. The summed E-state index contributed by atoms with van der Waals surface area (Å²) >= 11 is 7.57. The quantitative estimate of drug-likeness (QED) is 0.442. The van der Waals surface area contributed by atoms with Crippen molar-refractivity contribution >= 4 is 44.5 Å². The summed E-state index contributed by atoms with van der Waals surface area (Å²) in [5.74, 6) is 0.400. The van der Waals surface area contributed by atoms with Crippen molar-refractivity contribution in [1.29, 1.82) is 0 Å². The van der Waals surface area contributed by atoms with Gasteiger partial charge in [-0.2, -0.15) is 8.42 Å². The Labute approximate surface area is 179 Å². The van der Waals surface area contributed by atoms with E-state index in [9.17, 15) is 8.42 Å². The smallest absolute Gasteiger partial charge is 0.293 e. The summed E-state index contributed by atoms with van der Waals surface area (Å²) in [4.78, 5) is 4.29. The van der Waals surface area contributed by atoms with Crippen LogP contribution in [-0.2, 0) is 10.0 Å². The van der Waals surface area contributed by atoms with E-state index in [-0.39, 0.29) is 4.21 Å². The van der Waals surface area contributed by atoms with Gasteiger partial charge >= 0.3 is 0 Å². The zero-order chi connectivity index (χ0) is 20.3. The molecule has 5 nitrogen and oxygen atoms in total. The fourth-order valence-corrected chi connectivity index (χ4v) is 5.52. The van der Waals surface area contributed by atoms with Gasteiger partial charge in [0.2, 0.25) is 0 Å². The van der Waals surface area contributed by atoms with Crippen molar-refractivity contribution in [3.8, 4) is 0 Å². The lowest BCUT2D eigenvalue weighted by Crippen LogP contribution is -2.49. The Hall–Kier alpha value is -2.35. The number of thiophene rings is 1. The molecule has 0 aliphatic carbocycles. The molecule has 29 heavy (non-hydrogen) atoms. The van der Waals surface area contributed by atoms with E-state index in [1.165, 1.54) is 0 Å². The highest BCUT2D eigenvalue weighted by atomic mass is 35.5. The molecule has 1 saturated heterocycles. The van der Waals surface area contributed by atoms with Gasteiger partial charge in [0, 0.05) is 37.4 Å². The number of hydrogen-bond acceptors (Lipinski definition) is 4. The highest BCUT2D eigenvalue weighted by Crippen LogP contribution is 2.24. The molecule has 1 aliphatic rings. The number of rotatable bonds is 4. The Balaban J connectivity index is 1.65. The maximum atomic E-state index is 12.9. The van der Waals surface area contributed by atoms with Gasteiger partial charge in [-0.1, -0.05) is 48.0 Å². The van der Waals surface area contributed by atoms with Gasteiger partial charge in [0.1, 0.15) is 4.21 Å². The molecular formula is C21H20ClN3O2S2. The Kier molecular flexibility index (Phi) is 5.89. The Morgan fingerprint density at radius 2 is 1.59 bits per heavy atom. The van der Waals surface area contributed by atoms with Crippen LogP contribution in [0.4, 0.5) is 5.69 Å². The van der Waals surface area contributed by atoms with Gasteiger partial charge < -0.3 is 9.80 Å². The number of piperazine rings is 1. The predicted molar refractivity (Wildman–Crippen MR) is 120 cm³/mol. The van der Waals surface area contributed by atoms with Crippen LogP contribution in [0.3, 0.4) is 0 Å². The van der Waals surface area contributed by atoms with E-state index in [1.54, 1.807) is 23.6 Å². The summed E-state index contributed by atoms with van der Waals surface area (Å²) in [7, 11) is -3.80. The minimum absolute atomic E-state index is 0.227. The lowest BCUT2D eigenvalue weighted by Gasteiger charge is -2.37. The summed E-state index contributed by atoms with van der Waals surface area (Å²) < 4.78 is 30.2. The van der Waals surface area contributed by atoms with E-state index in [0.717, 1.165) is 30.1 Å². The van der Waals surface area contributed by atoms with Crippen LogP contribution in [-0.4, -0.2) is 45.3 Å². The molecule has 8 heteroatoms. The molecule has 2 heterocycles. The third-order valence-corrected chi connectivity index (χ3v) is 7.74. The second-order valence-corrected chi connectivity index (χ2v) is 9.80. The van der Waals surface area contributed by atoms with E-state index < -0.39 is 10.0 Å². The minimum Gasteiger partial charge on any atom is -0.368 e. The molecule has 0 unspecified atom stereocenters. The Bertz CT molecular complexity index is 1090. The van der Waals surface area contributed by atoms with Gasteiger partial charge in [-0.05, 0) is 35.7 Å². The van der Waals surface area contributed by atoms with Crippen molar-refractivity contribution in [3.05, 3.63) is 82.7 Å². The minimum atomic E-state index is -3.80. The van der Waals surface area contributed by atoms with Crippen molar-refractivity contribution in [1.82, 2.24) is 4.90 Å². The van der Waals surface area contributed by atoms with Gasteiger partial charge in [0.05, 0.1) is 5.02 Å². The van der Waals surface area contributed by atoms with Crippen molar-refractivity contribution in [2.75, 3.05) is 31.1 Å². The maximum absolute atomic E-state index is 12.9. The van der Waals surface area contributed by atoms with Gasteiger partial charge in [0.25, 0.3) is 10.0 Å². The number of hydrogen-bond donors (Lipinski definition) is 0. The summed E-state index contributed by atoms with van der Waals surface area (Å²) in [6.07, 6.45) is 0. The fraction of sp³-hybridized carbons (Fsp3) is 0.190. The lowest BCUT2D eigenvalue weighted by molar-refractivity contribution is 0.387. The largest absolute Gasteiger partial charge is 0.368 e. The van der Waals surface area contributed by atoms with E-state index in [4.69, 9.17) is 11.6 Å². The standard InChI is InChI=1S/C21H20ClN3O2S2/c22-19-10-5-4-9-18(19)21(23-29(26,27)20-11-6-16-28-20)25-14-12-24(13-15-25)17-7-2-1-3-8-17/h1-11,16H,12-15H2/b23-21-. The van der Waals surface area contributed by atoms with Crippen molar-refractivity contribution in [3.63, 3.8) is 0 Å². The highest BCUT2D eigenvalue weighted by molar-refractivity contribution is 7.92. The first kappa shape index (κ1) is 19.9. The molecule has 4 rings (SSSR count). The number of para-hydroxylation sites is 1. The van der Waals surface area contributed by atoms with E-state index >= 15 is 0 Å². The summed E-state index contributed by atoms with van der Waals surface area (Å²) in [6, 6.07) is 20.7. The van der Waals surface area contributed by atoms with E-state index in [2.05, 4.69) is 21.4 Å². The fourth-order valence-electron chi connectivity index (χ4n) is 3.30. The molecule has 2 aromatic carbocycles. The first-order valence-electron chi connectivity index (χ1n) is 9.23. The maximum Gasteiger partial charge on any atom is 0.293 e. The normalized spacial score (nSPS) is 15.6. The Morgan fingerprint density at radius 1 is 0.897 bits per heavy atom. The van der Waals surface area contributed by atoms with Gasteiger partial charge in [0.15, 0.2) is 5.84 Å². The van der Waals surface area contributed by atoms with Gasteiger partial charge in [-0.3, -0.25) is 0 Å². The molecule has 0 radical (unpaired) electrons. The second-order valence-electron chi connectivity index (χ2n) is 6.61. The van der Waals surface area contributed by atoms with Crippen molar-refractivity contribution < 1.29 is 8.42 Å². The van der Waals surface area contributed by atoms with Gasteiger partial charge in [-0.15, -0.1) is 15.7 Å². The third kappa shape index (κ3) is 4.47. The van der Waals surface area contributed by atoms with Crippen LogP contribution in [0, 0.1) is 0 Å². The lowest BCUT2D eigenvalue weighted by atomic mass is 10.1. The van der Waals surface area contributed by atoms with Crippen molar-refractivity contribution in [2.24, 2.45) is 4.40 Å². The van der Waals surface area contributed by atoms with Crippen molar-refractivity contribution in [2.45, 2.75) is 4.21 Å². The average Bonchev–Trinajstić information content (AvgIpc) is 3.30. The van der Waals surface area contributed by atoms with Gasteiger partial charge in [-0.25, -0.2) is 0 Å². The molecule has 3 aromatic rings. The number of anilines is 1. The van der Waals surface area contributed by atoms with Crippen LogP contribution < -0.4 is 4.90 Å². The molecule has 1 fully saturated rings. The molecule has 0 N–H and O–H groups in total. The molecule has 1 aromatic heterocycles. The average molecular weight is 446 g/mol. The van der Waals surface area contributed by atoms with Crippen LogP contribution in [0.5, 0.6) is 0 Å². The van der Waals surface area contributed by atoms with Crippen LogP contribution >= 0.6 is 22.9 Å². The topological polar surface area (TPSA) is 53.0 Å². The zero-order valence-corrected chi connectivity index (χ0v) is 18.0. The van der Waals surface area contributed by atoms with Crippen LogP contribution in [0.15, 0.2) is 80.7 Å². The second kappa shape index (κ2) is 8.57. The highest BCUT2D eigenvalue weighted by Gasteiger charge is 2.25. The predicted octanol–water partition coefficient (Wildman–Crippen LogP) is 4.36. The molecule has 0 bridgehead atoms. The number of sulfonamides is 1. The summed E-state index contributed by atoms with van der Waals surface area (Å²) in [6.45, 7) is 2.84. The number of amidine groups is 1. The molecular weight excluding hydrogens is 426 g/mol. The van der Waals surface area contributed by atoms with Crippen LogP contribution in [0.25, 0.3) is 0 Å².